The van der Waals surface area contributed by atoms with Gasteiger partial charge in [-0.05, 0) is 23.8 Å². The van der Waals surface area contributed by atoms with Crippen molar-refractivity contribution in [1.82, 2.24) is 0 Å². The van der Waals surface area contributed by atoms with Crippen molar-refractivity contribution in [3.63, 3.8) is 0 Å². The highest BCUT2D eigenvalue weighted by Gasteiger charge is 2.10. The molecule has 0 radical (unpaired) electrons. The van der Waals surface area contributed by atoms with Crippen molar-refractivity contribution >= 4 is 29.3 Å². The third kappa shape index (κ3) is 4.22. The number of benzene rings is 1. The predicted octanol–water partition coefficient (Wildman–Crippen LogP) is 2.74. The Kier molecular flexibility index (Phi) is 5.82. The van der Waals surface area contributed by atoms with Gasteiger partial charge in [0.15, 0.2) is 0 Å². The van der Waals surface area contributed by atoms with Gasteiger partial charge in [-0.15, -0.1) is 0 Å². The Morgan fingerprint density at radius 3 is 2.88 bits per heavy atom. The number of rotatable bonds is 5. The number of methoxy groups -OCH3 is 1. The van der Waals surface area contributed by atoms with E-state index in [9.17, 15) is 4.79 Å². The van der Waals surface area contributed by atoms with Gasteiger partial charge in [-0.25, -0.2) is 4.79 Å². The lowest BCUT2D eigenvalue weighted by molar-refractivity contribution is 0.0600. The quantitative estimate of drug-likeness (QED) is 0.839. The maximum absolute atomic E-state index is 11.4. The number of aliphatic hydroxyl groups is 1. The lowest BCUT2D eigenvalue weighted by atomic mass is 10.1. The van der Waals surface area contributed by atoms with Gasteiger partial charge in [0.1, 0.15) is 0 Å². The van der Waals surface area contributed by atoms with Gasteiger partial charge in [0.05, 0.1) is 19.3 Å². The molecule has 94 valence electrons. The largest absolute Gasteiger partial charge is 0.465 e. The third-order valence-electron chi connectivity index (χ3n) is 2.25. The average Bonchev–Trinajstić information content (AvgIpc) is 2.36. The van der Waals surface area contributed by atoms with Crippen LogP contribution in [0.3, 0.4) is 0 Å². The fraction of sp³-hybridized carbons (Fsp3) is 0.417. The number of carbonyl (C=O) groups excluding carboxylic acids is 1. The number of hydrogen-bond donors (Lipinski definition) is 1. The minimum Gasteiger partial charge on any atom is -0.465 e. The first kappa shape index (κ1) is 14.4. The highest BCUT2D eigenvalue weighted by Crippen LogP contribution is 2.25. The van der Waals surface area contributed by atoms with Crippen LogP contribution in [0, 0.1) is 0 Å². The standard InChI is InChI=1S/C12H15ClO3S/c1-8(6-14)17-7-10-5-9(12(15)16-2)3-4-11(10)13/h3-5,8,14H,6-7H2,1-2H3/t8-/m0/s1. The molecule has 0 fully saturated rings. The van der Waals surface area contributed by atoms with Crippen molar-refractivity contribution in [3.8, 4) is 0 Å². The van der Waals surface area contributed by atoms with Crippen LogP contribution in [0.15, 0.2) is 18.2 Å². The van der Waals surface area contributed by atoms with Gasteiger partial charge < -0.3 is 9.84 Å². The van der Waals surface area contributed by atoms with Crippen LogP contribution in [-0.2, 0) is 10.5 Å². The fourth-order valence-electron chi connectivity index (χ4n) is 1.21. The SMILES string of the molecule is COC(=O)c1ccc(Cl)c(CS[C@@H](C)CO)c1. The molecule has 0 aliphatic heterocycles. The number of carbonyl (C=O) groups is 1. The van der Waals surface area contributed by atoms with E-state index in [0.29, 0.717) is 16.3 Å². The zero-order valence-electron chi connectivity index (χ0n) is 9.77. The molecule has 0 bridgehead atoms. The lowest BCUT2D eigenvalue weighted by Crippen LogP contribution is -2.04. The summed E-state index contributed by atoms with van der Waals surface area (Å²) in [6, 6.07) is 5.05. The minimum atomic E-state index is -0.372. The van der Waals surface area contributed by atoms with E-state index >= 15 is 0 Å². The van der Waals surface area contributed by atoms with E-state index in [1.807, 2.05) is 6.92 Å². The summed E-state index contributed by atoms with van der Waals surface area (Å²) < 4.78 is 4.65. The summed E-state index contributed by atoms with van der Waals surface area (Å²) in [4.78, 5) is 11.4. The van der Waals surface area contributed by atoms with Gasteiger partial charge in [0.25, 0.3) is 0 Å². The molecule has 0 aliphatic rings. The smallest absolute Gasteiger partial charge is 0.337 e. The van der Waals surface area contributed by atoms with Gasteiger partial charge in [-0.2, -0.15) is 11.8 Å². The summed E-state index contributed by atoms with van der Waals surface area (Å²) in [5.41, 5.74) is 1.36. The molecular weight excluding hydrogens is 260 g/mol. The molecule has 1 N–H and O–H groups in total. The molecule has 0 amide bonds. The van der Waals surface area contributed by atoms with Crippen LogP contribution >= 0.6 is 23.4 Å². The zero-order chi connectivity index (χ0) is 12.8. The molecule has 0 aromatic heterocycles. The number of ether oxygens (including phenoxy) is 1. The minimum absolute atomic E-state index is 0.124. The first-order valence-corrected chi connectivity index (χ1v) is 6.60. The summed E-state index contributed by atoms with van der Waals surface area (Å²) in [6.07, 6.45) is 0. The molecular formula is C12H15ClO3S. The predicted molar refractivity (Wildman–Crippen MR) is 70.6 cm³/mol. The molecule has 17 heavy (non-hydrogen) atoms. The van der Waals surface area contributed by atoms with E-state index in [2.05, 4.69) is 4.74 Å². The van der Waals surface area contributed by atoms with Crippen LogP contribution in [0.1, 0.15) is 22.8 Å². The number of thioether (sulfide) groups is 1. The molecule has 1 atom stereocenters. The molecule has 1 aromatic rings. The topological polar surface area (TPSA) is 46.5 Å². The first-order valence-electron chi connectivity index (χ1n) is 5.17. The van der Waals surface area contributed by atoms with Gasteiger partial charge >= 0.3 is 5.97 Å². The molecule has 0 saturated carbocycles. The Balaban J connectivity index is 2.80. The fourth-order valence-corrected chi connectivity index (χ4v) is 2.29. The van der Waals surface area contributed by atoms with Crippen LogP contribution < -0.4 is 0 Å². The Morgan fingerprint density at radius 1 is 1.59 bits per heavy atom. The van der Waals surface area contributed by atoms with E-state index in [0.717, 1.165) is 5.56 Å². The van der Waals surface area contributed by atoms with E-state index in [4.69, 9.17) is 16.7 Å². The molecule has 1 aromatic carbocycles. The van der Waals surface area contributed by atoms with E-state index in [1.54, 1.807) is 30.0 Å². The number of esters is 1. The van der Waals surface area contributed by atoms with Crippen LogP contribution in [-0.4, -0.2) is 30.0 Å². The summed E-state index contributed by atoms with van der Waals surface area (Å²) in [6.45, 7) is 2.06. The monoisotopic (exact) mass is 274 g/mol. The Morgan fingerprint density at radius 2 is 2.29 bits per heavy atom. The van der Waals surface area contributed by atoms with Crippen molar-refractivity contribution in [2.45, 2.75) is 17.9 Å². The average molecular weight is 275 g/mol. The Bertz CT molecular complexity index is 395. The van der Waals surface area contributed by atoms with Crippen LogP contribution in [0.5, 0.6) is 0 Å². The lowest BCUT2D eigenvalue weighted by Gasteiger charge is -2.10. The van der Waals surface area contributed by atoms with Crippen molar-refractivity contribution in [2.75, 3.05) is 13.7 Å². The summed E-state index contributed by atoms with van der Waals surface area (Å²) in [5, 5.41) is 9.70. The second-order valence-corrected chi connectivity index (χ2v) is 5.44. The summed E-state index contributed by atoms with van der Waals surface area (Å²) in [7, 11) is 1.35. The molecule has 0 heterocycles. The molecule has 5 heteroatoms. The third-order valence-corrected chi connectivity index (χ3v) is 3.81. The van der Waals surface area contributed by atoms with Gasteiger partial charge in [-0.3, -0.25) is 0 Å². The molecule has 3 nitrogen and oxygen atoms in total. The van der Waals surface area contributed by atoms with Crippen molar-refractivity contribution in [2.24, 2.45) is 0 Å². The second kappa shape index (κ2) is 6.89. The highest BCUT2D eigenvalue weighted by molar-refractivity contribution is 7.99. The maximum atomic E-state index is 11.4. The van der Waals surface area contributed by atoms with Crippen molar-refractivity contribution in [3.05, 3.63) is 34.3 Å². The molecule has 0 unspecified atom stereocenters. The van der Waals surface area contributed by atoms with Gasteiger partial charge in [0, 0.05) is 16.0 Å². The van der Waals surface area contributed by atoms with Crippen molar-refractivity contribution in [1.29, 1.82) is 0 Å². The Hall–Kier alpha value is -0.710. The van der Waals surface area contributed by atoms with Crippen LogP contribution in [0.4, 0.5) is 0 Å². The molecule has 0 aliphatic carbocycles. The first-order chi connectivity index (χ1) is 8.08. The summed E-state index contributed by atoms with van der Waals surface area (Å²) in [5.74, 6) is 0.286. The van der Waals surface area contributed by atoms with E-state index < -0.39 is 0 Å². The number of aliphatic hydroxyl groups excluding tert-OH is 1. The summed E-state index contributed by atoms with van der Waals surface area (Å²) >= 11 is 7.63. The molecule has 1 rings (SSSR count). The number of hydrogen-bond acceptors (Lipinski definition) is 4. The number of halogens is 1. The van der Waals surface area contributed by atoms with Gasteiger partial charge in [0.2, 0.25) is 0 Å². The second-order valence-electron chi connectivity index (χ2n) is 3.60. The van der Waals surface area contributed by atoms with E-state index in [-0.39, 0.29) is 17.8 Å². The Labute approximate surface area is 110 Å². The maximum Gasteiger partial charge on any atom is 0.337 e. The molecule has 0 spiro atoms. The van der Waals surface area contributed by atoms with Gasteiger partial charge in [-0.1, -0.05) is 18.5 Å². The zero-order valence-corrected chi connectivity index (χ0v) is 11.3. The highest BCUT2D eigenvalue weighted by atomic mass is 35.5. The molecule has 0 saturated heterocycles. The van der Waals surface area contributed by atoms with E-state index in [1.165, 1.54) is 7.11 Å². The normalized spacial score (nSPS) is 12.2. The van der Waals surface area contributed by atoms with Crippen molar-refractivity contribution < 1.29 is 14.6 Å². The van der Waals surface area contributed by atoms with Crippen LogP contribution in [0.25, 0.3) is 0 Å². The van der Waals surface area contributed by atoms with Crippen LogP contribution in [0.2, 0.25) is 5.02 Å².